The topological polar surface area (TPSA) is 63.6 Å². The van der Waals surface area contributed by atoms with Gasteiger partial charge in [0.25, 0.3) is 5.91 Å². The number of hydrazone groups is 1. The molecule has 6 heteroatoms. The molecule has 3 aromatic rings. The van der Waals surface area contributed by atoms with Gasteiger partial charge in [-0.05, 0) is 42.8 Å². The number of aryl methyl sites for hydroxylation is 1. The van der Waals surface area contributed by atoms with Crippen LogP contribution < -0.4 is 10.2 Å². The molecule has 0 radical (unpaired) electrons. The van der Waals surface area contributed by atoms with Crippen LogP contribution in [0.15, 0.2) is 76.4 Å². The van der Waals surface area contributed by atoms with Gasteiger partial charge in [-0.3, -0.25) is 9.78 Å². The van der Waals surface area contributed by atoms with Gasteiger partial charge in [0, 0.05) is 21.9 Å². The predicted octanol–water partition coefficient (Wildman–Crippen LogP) is 4.50. The molecule has 3 rings (SSSR count). The standard InChI is InChI=1S/C21H18BrN3O2/c1-15-7-8-17(12-23-15)21(26)25-24-13-18-11-19(22)9-10-20(18)27-14-16-5-3-2-4-6-16/h2-13H,14H2,1H3,(H,25,26). The number of hydrogen-bond donors (Lipinski definition) is 1. The molecule has 0 saturated carbocycles. The quantitative estimate of drug-likeness (QED) is 0.468. The highest BCUT2D eigenvalue weighted by molar-refractivity contribution is 9.10. The van der Waals surface area contributed by atoms with Crippen molar-refractivity contribution in [3.8, 4) is 5.75 Å². The van der Waals surface area contributed by atoms with E-state index in [2.05, 4.69) is 31.4 Å². The second-order valence-electron chi connectivity index (χ2n) is 5.84. The van der Waals surface area contributed by atoms with Crippen molar-refractivity contribution in [1.82, 2.24) is 10.4 Å². The molecule has 0 aliphatic rings. The van der Waals surface area contributed by atoms with Gasteiger partial charge in [-0.15, -0.1) is 0 Å². The van der Waals surface area contributed by atoms with E-state index in [1.54, 1.807) is 18.3 Å². The van der Waals surface area contributed by atoms with Crippen LogP contribution >= 0.6 is 15.9 Å². The Hall–Kier alpha value is -2.99. The summed E-state index contributed by atoms with van der Waals surface area (Å²) in [6.45, 7) is 2.31. The molecule has 1 amide bonds. The van der Waals surface area contributed by atoms with E-state index in [1.165, 1.54) is 6.20 Å². The number of hydrogen-bond acceptors (Lipinski definition) is 4. The molecule has 1 aromatic heterocycles. The number of amides is 1. The zero-order valence-corrected chi connectivity index (χ0v) is 16.3. The summed E-state index contributed by atoms with van der Waals surface area (Å²) in [5, 5.41) is 4.04. The summed E-state index contributed by atoms with van der Waals surface area (Å²) >= 11 is 3.44. The number of benzene rings is 2. The predicted molar refractivity (Wildman–Crippen MR) is 109 cm³/mol. The molecular formula is C21H18BrN3O2. The van der Waals surface area contributed by atoms with Gasteiger partial charge in [-0.2, -0.15) is 5.10 Å². The molecular weight excluding hydrogens is 406 g/mol. The molecule has 0 fully saturated rings. The van der Waals surface area contributed by atoms with E-state index in [0.29, 0.717) is 17.9 Å². The monoisotopic (exact) mass is 423 g/mol. The van der Waals surface area contributed by atoms with Gasteiger partial charge in [0.1, 0.15) is 12.4 Å². The largest absolute Gasteiger partial charge is 0.488 e. The molecule has 2 aromatic carbocycles. The zero-order valence-electron chi connectivity index (χ0n) is 14.7. The zero-order chi connectivity index (χ0) is 19.1. The number of carbonyl (C=O) groups is 1. The Balaban J connectivity index is 1.68. The van der Waals surface area contributed by atoms with Gasteiger partial charge in [0.2, 0.25) is 0 Å². The van der Waals surface area contributed by atoms with Crippen LogP contribution in [0.5, 0.6) is 5.75 Å². The van der Waals surface area contributed by atoms with Gasteiger partial charge in [0.05, 0.1) is 11.8 Å². The number of carbonyl (C=O) groups excluding carboxylic acids is 1. The van der Waals surface area contributed by atoms with E-state index in [0.717, 1.165) is 21.3 Å². The van der Waals surface area contributed by atoms with Crippen molar-refractivity contribution < 1.29 is 9.53 Å². The highest BCUT2D eigenvalue weighted by atomic mass is 79.9. The SMILES string of the molecule is Cc1ccc(C(=O)NN=Cc2cc(Br)ccc2OCc2ccccc2)cn1. The Morgan fingerprint density at radius 1 is 1.19 bits per heavy atom. The van der Waals surface area contributed by atoms with E-state index < -0.39 is 0 Å². The summed E-state index contributed by atoms with van der Waals surface area (Å²) in [5.41, 5.74) is 5.63. The Bertz CT molecular complexity index is 941. The Morgan fingerprint density at radius 3 is 2.74 bits per heavy atom. The lowest BCUT2D eigenvalue weighted by atomic mass is 10.2. The van der Waals surface area contributed by atoms with Crippen LogP contribution in [0.3, 0.4) is 0 Å². The number of ether oxygens (including phenoxy) is 1. The molecule has 0 spiro atoms. The average molecular weight is 424 g/mol. The van der Waals surface area contributed by atoms with Gasteiger partial charge in [-0.1, -0.05) is 46.3 Å². The maximum absolute atomic E-state index is 12.1. The minimum Gasteiger partial charge on any atom is -0.488 e. The fourth-order valence-electron chi connectivity index (χ4n) is 2.31. The third kappa shape index (κ3) is 5.49. The number of nitrogens with one attached hydrogen (secondary N) is 1. The van der Waals surface area contributed by atoms with Gasteiger partial charge < -0.3 is 4.74 Å². The average Bonchev–Trinajstić information content (AvgIpc) is 2.68. The normalized spacial score (nSPS) is 10.7. The highest BCUT2D eigenvalue weighted by Gasteiger charge is 2.06. The summed E-state index contributed by atoms with van der Waals surface area (Å²) in [6, 6.07) is 19.0. The molecule has 0 bridgehead atoms. The lowest BCUT2D eigenvalue weighted by Crippen LogP contribution is -2.17. The van der Waals surface area contributed by atoms with Crippen LogP contribution in [0.4, 0.5) is 0 Å². The molecule has 0 aliphatic heterocycles. The Morgan fingerprint density at radius 2 is 2.00 bits per heavy atom. The fourth-order valence-corrected chi connectivity index (χ4v) is 2.69. The molecule has 1 heterocycles. The fraction of sp³-hybridized carbons (Fsp3) is 0.0952. The molecule has 0 saturated heterocycles. The Labute approximate surface area is 166 Å². The Kier molecular flexibility index (Phi) is 6.33. The maximum Gasteiger partial charge on any atom is 0.272 e. The van der Waals surface area contributed by atoms with Gasteiger partial charge in [-0.25, -0.2) is 5.43 Å². The van der Waals surface area contributed by atoms with Crippen molar-refractivity contribution >= 4 is 28.1 Å². The van der Waals surface area contributed by atoms with E-state index in [-0.39, 0.29) is 5.91 Å². The number of halogens is 1. The van der Waals surface area contributed by atoms with Crippen LogP contribution in [0.2, 0.25) is 0 Å². The van der Waals surface area contributed by atoms with Crippen LogP contribution in [0.1, 0.15) is 27.2 Å². The van der Waals surface area contributed by atoms with Crippen LogP contribution in [-0.2, 0) is 6.61 Å². The van der Waals surface area contributed by atoms with Crippen molar-refractivity contribution in [3.05, 3.63) is 93.7 Å². The van der Waals surface area contributed by atoms with E-state index in [1.807, 2.05) is 55.5 Å². The van der Waals surface area contributed by atoms with Crippen molar-refractivity contribution in [2.45, 2.75) is 13.5 Å². The third-order valence-electron chi connectivity index (χ3n) is 3.75. The lowest BCUT2D eigenvalue weighted by molar-refractivity contribution is 0.0954. The van der Waals surface area contributed by atoms with E-state index in [4.69, 9.17) is 4.74 Å². The second-order valence-corrected chi connectivity index (χ2v) is 6.76. The van der Waals surface area contributed by atoms with E-state index in [9.17, 15) is 4.79 Å². The minimum atomic E-state index is -0.319. The van der Waals surface area contributed by atoms with Gasteiger partial charge >= 0.3 is 0 Å². The smallest absolute Gasteiger partial charge is 0.272 e. The highest BCUT2D eigenvalue weighted by Crippen LogP contribution is 2.22. The summed E-state index contributed by atoms with van der Waals surface area (Å²) in [5.74, 6) is 0.359. The molecule has 136 valence electrons. The molecule has 0 atom stereocenters. The maximum atomic E-state index is 12.1. The number of pyridine rings is 1. The summed E-state index contributed by atoms with van der Waals surface area (Å²) in [4.78, 5) is 16.2. The summed E-state index contributed by atoms with van der Waals surface area (Å²) in [6.07, 6.45) is 3.08. The van der Waals surface area contributed by atoms with Crippen molar-refractivity contribution in [1.29, 1.82) is 0 Å². The van der Waals surface area contributed by atoms with E-state index >= 15 is 0 Å². The summed E-state index contributed by atoms with van der Waals surface area (Å²) < 4.78 is 6.79. The van der Waals surface area contributed by atoms with Crippen LogP contribution in [0.25, 0.3) is 0 Å². The minimum absolute atomic E-state index is 0.319. The number of rotatable bonds is 6. The van der Waals surface area contributed by atoms with Gasteiger partial charge in [0.15, 0.2) is 0 Å². The van der Waals surface area contributed by atoms with Crippen molar-refractivity contribution in [3.63, 3.8) is 0 Å². The summed E-state index contributed by atoms with van der Waals surface area (Å²) in [7, 11) is 0. The van der Waals surface area contributed by atoms with Crippen molar-refractivity contribution in [2.75, 3.05) is 0 Å². The second kappa shape index (κ2) is 9.09. The third-order valence-corrected chi connectivity index (χ3v) is 4.25. The molecule has 0 aliphatic carbocycles. The lowest BCUT2D eigenvalue weighted by Gasteiger charge is -2.09. The van der Waals surface area contributed by atoms with Crippen LogP contribution in [-0.4, -0.2) is 17.1 Å². The first-order chi connectivity index (χ1) is 13.1. The van der Waals surface area contributed by atoms with Crippen molar-refractivity contribution in [2.24, 2.45) is 5.10 Å². The molecule has 27 heavy (non-hydrogen) atoms. The molecule has 0 unspecified atom stereocenters. The number of aromatic nitrogens is 1. The first kappa shape index (κ1) is 18.8. The molecule has 5 nitrogen and oxygen atoms in total. The molecule has 1 N–H and O–H groups in total. The first-order valence-electron chi connectivity index (χ1n) is 8.34. The first-order valence-corrected chi connectivity index (χ1v) is 9.13. The number of nitrogens with zero attached hydrogens (tertiary/aromatic N) is 2. The van der Waals surface area contributed by atoms with Crippen LogP contribution in [0, 0.1) is 6.92 Å².